The number of hydrogen-bond donors (Lipinski definition) is 1. The summed E-state index contributed by atoms with van der Waals surface area (Å²) < 4.78 is 0. The first-order valence-corrected chi connectivity index (χ1v) is 6.50. The summed E-state index contributed by atoms with van der Waals surface area (Å²) in [6.07, 6.45) is 3.30. The molecule has 0 atom stereocenters. The number of anilines is 1. The number of halogens is 1. The van der Waals surface area contributed by atoms with E-state index in [0.717, 1.165) is 16.8 Å². The number of amides is 1. The fourth-order valence-corrected chi connectivity index (χ4v) is 1.78. The summed E-state index contributed by atoms with van der Waals surface area (Å²) in [6.45, 7) is 0. The van der Waals surface area contributed by atoms with E-state index in [1.807, 2.05) is 54.6 Å². The molecular formula is C16H14ClNO. The fraction of sp³-hybridized carbons (Fsp3) is 0.0625. The molecule has 1 N–H and O–H groups in total. The fourth-order valence-electron chi connectivity index (χ4n) is 1.60. The highest BCUT2D eigenvalue weighted by Gasteiger charge is 1.98. The van der Waals surface area contributed by atoms with Crippen LogP contribution in [0.15, 0.2) is 60.7 Å². The molecule has 2 aromatic carbocycles. The van der Waals surface area contributed by atoms with Gasteiger partial charge in [-0.1, -0.05) is 42.5 Å². The van der Waals surface area contributed by atoms with Gasteiger partial charge in [0.05, 0.1) is 0 Å². The highest BCUT2D eigenvalue weighted by atomic mass is 35.5. The van der Waals surface area contributed by atoms with Gasteiger partial charge in [0.2, 0.25) is 5.91 Å². The normalized spacial score (nSPS) is 10.6. The number of benzene rings is 2. The van der Waals surface area contributed by atoms with Crippen LogP contribution in [0.4, 0.5) is 5.69 Å². The van der Waals surface area contributed by atoms with Crippen LogP contribution < -0.4 is 5.32 Å². The Hall–Kier alpha value is -2.06. The predicted octanol–water partition coefficient (Wildman–Crippen LogP) is 4.08. The number of nitrogens with one attached hydrogen (secondary N) is 1. The van der Waals surface area contributed by atoms with Crippen molar-refractivity contribution in [3.8, 4) is 0 Å². The molecule has 0 aliphatic carbocycles. The molecule has 0 aliphatic heterocycles. The maximum absolute atomic E-state index is 11.7. The zero-order chi connectivity index (χ0) is 13.5. The Morgan fingerprint density at radius 2 is 1.74 bits per heavy atom. The largest absolute Gasteiger partial charge is 0.323 e. The van der Waals surface area contributed by atoms with Gasteiger partial charge in [-0.05, 0) is 29.3 Å². The van der Waals surface area contributed by atoms with Crippen LogP contribution in [0.3, 0.4) is 0 Å². The molecule has 2 rings (SSSR count). The zero-order valence-electron chi connectivity index (χ0n) is 10.3. The minimum Gasteiger partial charge on any atom is -0.323 e. The Kier molecular flexibility index (Phi) is 4.76. The second kappa shape index (κ2) is 6.76. The van der Waals surface area contributed by atoms with Crippen LogP contribution in [0.1, 0.15) is 11.1 Å². The number of carbonyl (C=O) groups excluding carboxylic acids is 1. The second-order valence-electron chi connectivity index (χ2n) is 4.06. The van der Waals surface area contributed by atoms with Crippen LogP contribution in [0, 0.1) is 0 Å². The highest BCUT2D eigenvalue weighted by molar-refractivity contribution is 6.17. The Labute approximate surface area is 117 Å². The van der Waals surface area contributed by atoms with E-state index in [2.05, 4.69) is 5.32 Å². The maximum atomic E-state index is 11.7. The van der Waals surface area contributed by atoms with Crippen molar-refractivity contribution in [3.05, 3.63) is 71.8 Å². The molecule has 0 saturated heterocycles. The van der Waals surface area contributed by atoms with Crippen LogP contribution in [0.2, 0.25) is 0 Å². The van der Waals surface area contributed by atoms with E-state index in [4.69, 9.17) is 11.6 Å². The van der Waals surface area contributed by atoms with Gasteiger partial charge in [0.25, 0.3) is 0 Å². The molecule has 2 nitrogen and oxygen atoms in total. The smallest absolute Gasteiger partial charge is 0.248 e. The molecule has 19 heavy (non-hydrogen) atoms. The first-order chi connectivity index (χ1) is 9.28. The minimum atomic E-state index is -0.150. The van der Waals surface area contributed by atoms with Gasteiger partial charge in [-0.25, -0.2) is 0 Å². The van der Waals surface area contributed by atoms with Crippen molar-refractivity contribution in [2.24, 2.45) is 0 Å². The first-order valence-electron chi connectivity index (χ1n) is 5.97. The average Bonchev–Trinajstić information content (AvgIpc) is 2.47. The lowest BCUT2D eigenvalue weighted by Crippen LogP contribution is -2.07. The molecular weight excluding hydrogens is 258 g/mol. The van der Waals surface area contributed by atoms with Gasteiger partial charge < -0.3 is 5.32 Å². The Morgan fingerprint density at radius 1 is 1.05 bits per heavy atom. The number of hydrogen-bond acceptors (Lipinski definition) is 1. The second-order valence-corrected chi connectivity index (χ2v) is 4.33. The molecule has 0 aliphatic rings. The van der Waals surface area contributed by atoms with Crippen LogP contribution in [-0.4, -0.2) is 5.91 Å². The Bertz CT molecular complexity index is 561. The van der Waals surface area contributed by atoms with E-state index >= 15 is 0 Å². The van der Waals surface area contributed by atoms with E-state index in [1.54, 1.807) is 6.08 Å². The highest BCUT2D eigenvalue weighted by Crippen LogP contribution is 2.11. The monoisotopic (exact) mass is 271 g/mol. The van der Waals surface area contributed by atoms with Crippen molar-refractivity contribution in [1.29, 1.82) is 0 Å². The molecule has 0 unspecified atom stereocenters. The van der Waals surface area contributed by atoms with E-state index in [1.165, 1.54) is 6.08 Å². The van der Waals surface area contributed by atoms with Gasteiger partial charge >= 0.3 is 0 Å². The third-order valence-electron chi connectivity index (χ3n) is 2.60. The predicted molar refractivity (Wildman–Crippen MR) is 80.1 cm³/mol. The molecule has 0 spiro atoms. The standard InChI is InChI=1S/C16H14ClNO/c17-12-14-6-9-15(10-7-14)18-16(19)11-8-13-4-2-1-3-5-13/h1-11H,12H2,(H,18,19)/b11-8+. The minimum absolute atomic E-state index is 0.150. The topological polar surface area (TPSA) is 29.1 Å². The Morgan fingerprint density at radius 3 is 2.37 bits per heavy atom. The van der Waals surface area contributed by atoms with E-state index in [-0.39, 0.29) is 5.91 Å². The first kappa shape index (κ1) is 13.4. The maximum Gasteiger partial charge on any atom is 0.248 e. The Balaban J connectivity index is 1.95. The summed E-state index contributed by atoms with van der Waals surface area (Å²) in [4.78, 5) is 11.7. The van der Waals surface area contributed by atoms with Gasteiger partial charge in [-0.3, -0.25) is 4.79 Å². The van der Waals surface area contributed by atoms with Crippen molar-refractivity contribution < 1.29 is 4.79 Å². The van der Waals surface area contributed by atoms with Crippen molar-refractivity contribution in [2.45, 2.75) is 5.88 Å². The summed E-state index contributed by atoms with van der Waals surface area (Å²) in [5.74, 6) is 0.324. The van der Waals surface area contributed by atoms with Gasteiger partial charge in [0, 0.05) is 17.6 Å². The van der Waals surface area contributed by atoms with Gasteiger partial charge in [0.15, 0.2) is 0 Å². The van der Waals surface area contributed by atoms with Crippen molar-refractivity contribution >= 4 is 29.3 Å². The summed E-state index contributed by atoms with van der Waals surface area (Å²) in [7, 11) is 0. The molecule has 2 aromatic rings. The lowest BCUT2D eigenvalue weighted by molar-refractivity contribution is -0.111. The molecule has 0 heterocycles. The third kappa shape index (κ3) is 4.27. The summed E-state index contributed by atoms with van der Waals surface area (Å²) >= 11 is 5.70. The molecule has 0 bridgehead atoms. The molecule has 0 fully saturated rings. The molecule has 3 heteroatoms. The molecule has 96 valence electrons. The lowest BCUT2D eigenvalue weighted by Gasteiger charge is -2.02. The summed E-state index contributed by atoms with van der Waals surface area (Å²) in [6, 6.07) is 17.2. The van der Waals surface area contributed by atoms with Crippen molar-refractivity contribution in [3.63, 3.8) is 0 Å². The summed E-state index contributed by atoms with van der Waals surface area (Å²) in [5, 5.41) is 2.79. The SMILES string of the molecule is O=C(/C=C/c1ccccc1)Nc1ccc(CCl)cc1. The number of carbonyl (C=O) groups is 1. The molecule has 0 radical (unpaired) electrons. The number of rotatable bonds is 4. The van der Waals surface area contributed by atoms with Gasteiger partial charge in [0.1, 0.15) is 0 Å². The van der Waals surface area contributed by atoms with E-state index < -0.39 is 0 Å². The van der Waals surface area contributed by atoms with E-state index in [9.17, 15) is 4.79 Å². The average molecular weight is 272 g/mol. The van der Waals surface area contributed by atoms with Gasteiger partial charge in [-0.2, -0.15) is 0 Å². The van der Waals surface area contributed by atoms with Crippen molar-refractivity contribution in [2.75, 3.05) is 5.32 Å². The summed E-state index contributed by atoms with van der Waals surface area (Å²) in [5.41, 5.74) is 2.78. The quantitative estimate of drug-likeness (QED) is 0.659. The number of alkyl halides is 1. The third-order valence-corrected chi connectivity index (χ3v) is 2.91. The van der Waals surface area contributed by atoms with Crippen molar-refractivity contribution in [1.82, 2.24) is 0 Å². The molecule has 0 aromatic heterocycles. The van der Waals surface area contributed by atoms with Crippen LogP contribution >= 0.6 is 11.6 Å². The zero-order valence-corrected chi connectivity index (χ0v) is 11.1. The van der Waals surface area contributed by atoms with Gasteiger partial charge in [-0.15, -0.1) is 11.6 Å². The van der Waals surface area contributed by atoms with Crippen LogP contribution in [-0.2, 0) is 10.7 Å². The lowest BCUT2D eigenvalue weighted by atomic mass is 10.2. The molecule has 0 saturated carbocycles. The van der Waals surface area contributed by atoms with Crippen LogP contribution in [0.5, 0.6) is 0 Å². The van der Waals surface area contributed by atoms with E-state index in [0.29, 0.717) is 5.88 Å². The van der Waals surface area contributed by atoms with Crippen LogP contribution in [0.25, 0.3) is 6.08 Å². The molecule has 1 amide bonds.